The highest BCUT2D eigenvalue weighted by Crippen LogP contribution is 2.04. The summed E-state index contributed by atoms with van der Waals surface area (Å²) in [5, 5.41) is 3.06. The lowest BCUT2D eigenvalue weighted by Gasteiger charge is -2.05. The molecule has 3 N–H and O–H groups in total. The second kappa shape index (κ2) is 4.93. The van der Waals surface area contributed by atoms with E-state index >= 15 is 0 Å². The summed E-state index contributed by atoms with van der Waals surface area (Å²) in [5.41, 5.74) is 5.28. The molecule has 3 unspecified atom stereocenters. The lowest BCUT2D eigenvalue weighted by atomic mass is 10.7. The minimum absolute atomic E-state index is 0.503. The molecule has 0 amide bonds. The second-order valence-corrected chi connectivity index (χ2v) is 2.92. The van der Waals surface area contributed by atoms with Crippen LogP contribution in [0.25, 0.3) is 0 Å². The van der Waals surface area contributed by atoms with Gasteiger partial charge >= 0.3 is 0 Å². The number of rotatable bonds is 3. The third kappa shape index (κ3) is 4.64. The molecule has 3 atom stereocenters. The first kappa shape index (κ1) is 7.78. The molecule has 0 radical (unpaired) electrons. The van der Waals surface area contributed by atoms with Gasteiger partial charge in [-0.05, 0) is 13.2 Å². The van der Waals surface area contributed by atoms with E-state index in [0.717, 1.165) is 6.16 Å². The van der Waals surface area contributed by atoms with E-state index in [1.165, 1.54) is 0 Å². The van der Waals surface area contributed by atoms with Crippen molar-refractivity contribution >= 4 is 18.0 Å². The number of hydrogen-bond donors (Lipinski definition) is 2. The third-order valence-corrected chi connectivity index (χ3v) is 2.42. The van der Waals surface area contributed by atoms with E-state index in [2.05, 4.69) is 14.6 Å². The first-order valence-corrected chi connectivity index (χ1v) is 4.12. The average molecular weight is 138 g/mol. The van der Waals surface area contributed by atoms with Gasteiger partial charge < -0.3 is 10.8 Å². The summed E-state index contributed by atoms with van der Waals surface area (Å²) in [6.45, 7) is 0. The molecular formula is C3H12N2P2. The van der Waals surface area contributed by atoms with Crippen LogP contribution in [-0.4, -0.2) is 19.0 Å². The molecule has 4 heteroatoms. The van der Waals surface area contributed by atoms with Crippen LogP contribution < -0.4 is 10.8 Å². The van der Waals surface area contributed by atoms with Crippen LogP contribution in [0.1, 0.15) is 0 Å². The molecule has 0 rings (SSSR count). The topological polar surface area (TPSA) is 38.0 Å². The normalized spacial score (nSPS) is 15.9. The summed E-state index contributed by atoms with van der Waals surface area (Å²) in [6.07, 6.45) is 1.06. The first-order valence-electron chi connectivity index (χ1n) is 2.17. The van der Waals surface area contributed by atoms with Crippen LogP contribution in [0.4, 0.5) is 0 Å². The largest absolute Gasteiger partial charge is 0.313 e. The van der Waals surface area contributed by atoms with Gasteiger partial charge in [0.25, 0.3) is 0 Å². The van der Waals surface area contributed by atoms with Gasteiger partial charge in [-0.15, -0.1) is 9.24 Å². The van der Waals surface area contributed by atoms with Crippen molar-refractivity contribution in [1.82, 2.24) is 5.32 Å². The first-order chi connectivity index (χ1) is 3.31. The Morgan fingerprint density at radius 1 is 2.00 bits per heavy atom. The fraction of sp³-hybridized carbons (Fsp3) is 1.00. The smallest absolute Gasteiger partial charge is 0.0256 e. The fourth-order valence-electron chi connectivity index (χ4n) is 0.229. The summed E-state index contributed by atoms with van der Waals surface area (Å²) in [6, 6.07) is 0. The molecule has 0 fully saturated rings. The Kier molecular flexibility index (Phi) is 5.48. The van der Waals surface area contributed by atoms with E-state index in [0.29, 0.717) is 14.5 Å². The Morgan fingerprint density at radius 2 is 2.57 bits per heavy atom. The standard InChI is InChI=1S/C3H12N2P2/c1-5-3(6)2-7-4/h3,5,7H,2,4,6H2,1H3. The molecule has 2 nitrogen and oxygen atoms in total. The van der Waals surface area contributed by atoms with Crippen LogP contribution in [-0.2, 0) is 0 Å². The average Bonchev–Trinajstić information content (AvgIpc) is 1.68. The van der Waals surface area contributed by atoms with Crippen LogP contribution in [0.3, 0.4) is 0 Å². The van der Waals surface area contributed by atoms with Crippen LogP contribution in [0, 0.1) is 0 Å². The molecule has 0 aliphatic heterocycles. The highest BCUT2D eigenvalue weighted by Gasteiger charge is 1.91. The van der Waals surface area contributed by atoms with Crippen molar-refractivity contribution in [3.05, 3.63) is 0 Å². The SMILES string of the molecule is CNC(P)CPN. The van der Waals surface area contributed by atoms with Crippen molar-refractivity contribution in [2.75, 3.05) is 13.2 Å². The van der Waals surface area contributed by atoms with Crippen molar-refractivity contribution in [1.29, 1.82) is 0 Å². The molecule has 0 aliphatic carbocycles. The molecule has 0 aromatic rings. The van der Waals surface area contributed by atoms with Gasteiger partial charge in [0.15, 0.2) is 0 Å². The van der Waals surface area contributed by atoms with E-state index in [-0.39, 0.29) is 0 Å². The van der Waals surface area contributed by atoms with Gasteiger partial charge in [-0.3, -0.25) is 0 Å². The molecule has 44 valence electrons. The highest BCUT2D eigenvalue weighted by molar-refractivity contribution is 7.36. The fourth-order valence-corrected chi connectivity index (χ4v) is 1.10. The number of nitrogens with one attached hydrogen (secondary N) is 1. The van der Waals surface area contributed by atoms with E-state index in [9.17, 15) is 0 Å². The molecule has 0 heterocycles. The zero-order chi connectivity index (χ0) is 5.70. The maximum atomic E-state index is 5.28. The quantitative estimate of drug-likeness (QED) is 0.537. The minimum Gasteiger partial charge on any atom is -0.313 e. The Hall–Kier alpha value is 0.780. The molecule has 0 saturated carbocycles. The lowest BCUT2D eigenvalue weighted by Crippen LogP contribution is -2.20. The Labute approximate surface area is 48.7 Å². The lowest BCUT2D eigenvalue weighted by molar-refractivity contribution is 0.814. The molecule has 0 bridgehead atoms. The monoisotopic (exact) mass is 138 g/mol. The Morgan fingerprint density at radius 3 is 2.71 bits per heavy atom. The van der Waals surface area contributed by atoms with Crippen LogP contribution in [0.2, 0.25) is 0 Å². The zero-order valence-corrected chi connectivity index (χ0v) is 6.59. The van der Waals surface area contributed by atoms with E-state index in [1.807, 2.05) is 7.05 Å². The highest BCUT2D eigenvalue weighted by atomic mass is 31.1. The van der Waals surface area contributed by atoms with Gasteiger partial charge in [-0.2, -0.15) is 0 Å². The molecule has 0 aromatic carbocycles. The van der Waals surface area contributed by atoms with Crippen LogP contribution in [0.15, 0.2) is 0 Å². The second-order valence-electron chi connectivity index (χ2n) is 1.30. The van der Waals surface area contributed by atoms with Crippen molar-refractivity contribution in [3.63, 3.8) is 0 Å². The van der Waals surface area contributed by atoms with Gasteiger partial charge in [-0.25, -0.2) is 0 Å². The Bertz CT molecular complexity index is 41.9. The van der Waals surface area contributed by atoms with Crippen molar-refractivity contribution < 1.29 is 0 Å². The molecule has 0 aromatic heterocycles. The third-order valence-electron chi connectivity index (χ3n) is 0.709. The summed E-state index contributed by atoms with van der Waals surface area (Å²) in [5.74, 6) is 0.503. The van der Waals surface area contributed by atoms with Gasteiger partial charge in [0, 0.05) is 5.78 Å². The zero-order valence-electron chi connectivity index (χ0n) is 4.44. The van der Waals surface area contributed by atoms with E-state index < -0.39 is 0 Å². The number of nitrogens with two attached hydrogens (primary N) is 1. The van der Waals surface area contributed by atoms with Crippen molar-refractivity contribution in [2.24, 2.45) is 5.50 Å². The maximum Gasteiger partial charge on any atom is 0.0256 e. The van der Waals surface area contributed by atoms with E-state index in [1.54, 1.807) is 0 Å². The summed E-state index contributed by atoms with van der Waals surface area (Å²) in [7, 11) is 5.16. The molecular weight excluding hydrogens is 126 g/mol. The molecule has 0 saturated heterocycles. The molecule has 0 spiro atoms. The maximum absolute atomic E-state index is 5.28. The minimum atomic E-state index is 0.503. The summed E-state index contributed by atoms with van der Waals surface area (Å²) in [4.78, 5) is 0. The predicted molar refractivity (Wildman–Crippen MR) is 39.9 cm³/mol. The van der Waals surface area contributed by atoms with Crippen LogP contribution >= 0.6 is 18.0 Å². The molecule has 7 heavy (non-hydrogen) atoms. The van der Waals surface area contributed by atoms with Gasteiger partial charge in [0.1, 0.15) is 0 Å². The van der Waals surface area contributed by atoms with Crippen molar-refractivity contribution in [2.45, 2.75) is 5.78 Å². The van der Waals surface area contributed by atoms with Gasteiger partial charge in [-0.1, -0.05) is 8.73 Å². The predicted octanol–water partition coefficient (Wildman–Crippen LogP) is -0.0408. The molecule has 0 aliphatic rings. The van der Waals surface area contributed by atoms with E-state index in [4.69, 9.17) is 5.50 Å². The van der Waals surface area contributed by atoms with Crippen LogP contribution in [0.5, 0.6) is 0 Å². The summed E-state index contributed by atoms with van der Waals surface area (Å²) >= 11 is 0. The van der Waals surface area contributed by atoms with Gasteiger partial charge in [0.05, 0.1) is 0 Å². The summed E-state index contributed by atoms with van der Waals surface area (Å²) < 4.78 is 0. The Balaban J connectivity index is 2.83. The van der Waals surface area contributed by atoms with Crippen molar-refractivity contribution in [3.8, 4) is 0 Å². The number of hydrogen-bond acceptors (Lipinski definition) is 2. The van der Waals surface area contributed by atoms with Gasteiger partial charge in [0.2, 0.25) is 0 Å².